The Morgan fingerprint density at radius 1 is 1.26 bits per heavy atom. The molecule has 1 amide bonds. The molecule has 0 radical (unpaired) electrons. The first kappa shape index (κ1) is 18.2. The zero-order chi connectivity index (χ0) is 19.0. The average Bonchev–Trinajstić information content (AvgIpc) is 3.28. The zero-order valence-electron chi connectivity index (χ0n) is 16.6. The summed E-state index contributed by atoms with van der Waals surface area (Å²) in [5.74, 6) is 1.68. The van der Waals surface area contributed by atoms with Crippen molar-refractivity contribution in [2.45, 2.75) is 52.1 Å². The van der Waals surface area contributed by atoms with Crippen LogP contribution >= 0.6 is 0 Å². The number of hydrogen-bond donors (Lipinski definition) is 1. The first-order chi connectivity index (χ1) is 13.0. The molecule has 1 fully saturated rings. The van der Waals surface area contributed by atoms with E-state index in [1.54, 1.807) is 6.20 Å². The third-order valence-electron chi connectivity index (χ3n) is 6.15. The van der Waals surface area contributed by atoms with Crippen molar-refractivity contribution in [1.82, 2.24) is 29.3 Å². The molecule has 0 bridgehead atoms. The van der Waals surface area contributed by atoms with Crippen LogP contribution in [0.15, 0.2) is 18.7 Å². The van der Waals surface area contributed by atoms with Gasteiger partial charge in [0.15, 0.2) is 0 Å². The lowest BCUT2D eigenvalue weighted by molar-refractivity contribution is -0.135. The highest BCUT2D eigenvalue weighted by molar-refractivity contribution is 5.76. The summed E-state index contributed by atoms with van der Waals surface area (Å²) in [6.45, 7) is 10.6. The smallest absolute Gasteiger partial charge is 0.242 e. The quantitative estimate of drug-likeness (QED) is 0.893. The number of nitrogens with one attached hydrogen (secondary N) is 1. The van der Waals surface area contributed by atoms with Gasteiger partial charge in [-0.1, -0.05) is 13.8 Å². The fraction of sp³-hybridized carbons (Fsp3) is 0.650. The Morgan fingerprint density at radius 3 is 2.70 bits per heavy atom. The number of amides is 1. The van der Waals surface area contributed by atoms with Crippen molar-refractivity contribution in [3.05, 3.63) is 35.9 Å². The van der Waals surface area contributed by atoms with E-state index in [1.807, 2.05) is 28.9 Å². The molecule has 4 heterocycles. The van der Waals surface area contributed by atoms with E-state index in [1.165, 1.54) is 11.4 Å². The van der Waals surface area contributed by atoms with E-state index < -0.39 is 0 Å². The molecule has 0 saturated carbocycles. The lowest BCUT2D eigenvalue weighted by atomic mass is 9.78. The summed E-state index contributed by atoms with van der Waals surface area (Å²) < 4.78 is 1.92. The second-order valence-corrected chi connectivity index (χ2v) is 8.33. The number of aryl methyl sites for hydroxylation is 1. The van der Waals surface area contributed by atoms with Gasteiger partial charge >= 0.3 is 0 Å². The van der Waals surface area contributed by atoms with E-state index in [0.717, 1.165) is 51.3 Å². The minimum Gasteiger partial charge on any atom is -0.348 e. The summed E-state index contributed by atoms with van der Waals surface area (Å²) in [7, 11) is 0. The van der Waals surface area contributed by atoms with E-state index in [-0.39, 0.29) is 11.4 Å². The third-order valence-corrected chi connectivity index (χ3v) is 6.15. The maximum atomic E-state index is 12.8. The van der Waals surface area contributed by atoms with Crippen molar-refractivity contribution >= 4 is 5.91 Å². The fourth-order valence-corrected chi connectivity index (χ4v) is 4.73. The molecular formula is C20H30N6O. The maximum absolute atomic E-state index is 12.8. The summed E-state index contributed by atoms with van der Waals surface area (Å²) in [6, 6.07) is 0. The number of aromatic amines is 1. The normalized spacial score (nSPS) is 19.6. The van der Waals surface area contributed by atoms with Crippen LogP contribution in [-0.4, -0.2) is 61.4 Å². The standard InChI is InChI=1S/C20H30N6O/c1-15(2)12-26-8-4-17-19(23-14-22-17)20(26)5-9-24(10-6-20)18(27)13-25-11-7-21-16(25)3/h7,11,14-15H,4-6,8-10,12-13H2,1-3H3,(H,22,23). The first-order valence-corrected chi connectivity index (χ1v) is 10.0. The van der Waals surface area contributed by atoms with Gasteiger partial charge < -0.3 is 14.5 Å². The van der Waals surface area contributed by atoms with E-state index in [4.69, 9.17) is 4.98 Å². The number of nitrogens with zero attached hydrogens (tertiary/aromatic N) is 5. The SMILES string of the molecule is Cc1nccn1CC(=O)N1CCC2(CC1)c1nc[nH]c1CCN2CC(C)C. The van der Waals surface area contributed by atoms with Gasteiger partial charge in [-0.25, -0.2) is 9.97 Å². The predicted octanol–water partition coefficient (Wildman–Crippen LogP) is 1.95. The summed E-state index contributed by atoms with van der Waals surface area (Å²) in [4.78, 5) is 29.7. The molecule has 0 atom stereocenters. The second-order valence-electron chi connectivity index (χ2n) is 8.33. The summed E-state index contributed by atoms with van der Waals surface area (Å²) in [5, 5.41) is 0. The molecule has 7 nitrogen and oxygen atoms in total. The largest absolute Gasteiger partial charge is 0.348 e. The lowest BCUT2D eigenvalue weighted by Crippen LogP contribution is -2.58. The van der Waals surface area contributed by atoms with Crippen LogP contribution in [0.5, 0.6) is 0 Å². The van der Waals surface area contributed by atoms with Crippen molar-refractivity contribution < 1.29 is 4.79 Å². The van der Waals surface area contributed by atoms with Crippen molar-refractivity contribution in [3.63, 3.8) is 0 Å². The molecule has 146 valence electrons. The van der Waals surface area contributed by atoms with Gasteiger partial charge in [-0.2, -0.15) is 0 Å². The molecule has 1 spiro atoms. The minimum atomic E-state index is -0.0282. The van der Waals surface area contributed by atoms with Gasteiger partial charge in [0.05, 0.1) is 17.6 Å². The van der Waals surface area contributed by atoms with Crippen LogP contribution in [0.2, 0.25) is 0 Å². The van der Waals surface area contributed by atoms with E-state index in [2.05, 4.69) is 28.7 Å². The molecule has 0 aromatic carbocycles. The number of imidazole rings is 2. The Morgan fingerprint density at radius 2 is 2.04 bits per heavy atom. The number of carbonyl (C=O) groups is 1. The van der Waals surface area contributed by atoms with Gasteiger partial charge in [-0.15, -0.1) is 0 Å². The number of aromatic nitrogens is 4. The average molecular weight is 371 g/mol. The van der Waals surface area contributed by atoms with Gasteiger partial charge in [0.2, 0.25) is 5.91 Å². The number of likely N-dealkylation sites (tertiary alicyclic amines) is 1. The van der Waals surface area contributed by atoms with Crippen LogP contribution in [0, 0.1) is 12.8 Å². The molecule has 2 aliphatic rings. The molecule has 1 saturated heterocycles. The molecule has 0 unspecified atom stereocenters. The summed E-state index contributed by atoms with van der Waals surface area (Å²) in [6.07, 6.45) is 8.40. The molecule has 0 aliphatic carbocycles. The van der Waals surface area contributed by atoms with E-state index in [0.29, 0.717) is 12.5 Å². The monoisotopic (exact) mass is 370 g/mol. The van der Waals surface area contributed by atoms with Gasteiger partial charge in [-0.3, -0.25) is 9.69 Å². The molecule has 4 rings (SSSR count). The highest BCUT2D eigenvalue weighted by Gasteiger charge is 2.47. The van der Waals surface area contributed by atoms with E-state index >= 15 is 0 Å². The highest BCUT2D eigenvalue weighted by atomic mass is 16.2. The lowest BCUT2D eigenvalue weighted by Gasteiger charge is -2.51. The van der Waals surface area contributed by atoms with Gasteiger partial charge in [0.1, 0.15) is 12.4 Å². The van der Waals surface area contributed by atoms with Crippen molar-refractivity contribution in [3.8, 4) is 0 Å². The fourth-order valence-electron chi connectivity index (χ4n) is 4.73. The van der Waals surface area contributed by atoms with Crippen LogP contribution in [-0.2, 0) is 23.3 Å². The van der Waals surface area contributed by atoms with Crippen molar-refractivity contribution in [2.75, 3.05) is 26.2 Å². The van der Waals surface area contributed by atoms with Crippen LogP contribution < -0.4 is 0 Å². The number of carbonyl (C=O) groups excluding carboxylic acids is 1. The number of rotatable bonds is 4. The number of piperidine rings is 1. The first-order valence-electron chi connectivity index (χ1n) is 10.0. The molecular weight excluding hydrogens is 340 g/mol. The van der Waals surface area contributed by atoms with Gasteiger partial charge in [0, 0.05) is 50.7 Å². The van der Waals surface area contributed by atoms with Crippen molar-refractivity contribution in [2.24, 2.45) is 5.92 Å². The topological polar surface area (TPSA) is 70.0 Å². The van der Waals surface area contributed by atoms with Crippen LogP contribution in [0.4, 0.5) is 0 Å². The molecule has 27 heavy (non-hydrogen) atoms. The third kappa shape index (κ3) is 3.29. The van der Waals surface area contributed by atoms with Crippen LogP contribution in [0.1, 0.15) is 43.9 Å². The Kier molecular flexibility index (Phi) is 4.80. The van der Waals surface area contributed by atoms with Gasteiger partial charge in [-0.05, 0) is 25.7 Å². The predicted molar refractivity (Wildman–Crippen MR) is 103 cm³/mol. The maximum Gasteiger partial charge on any atom is 0.242 e. The molecule has 2 aliphatic heterocycles. The molecule has 7 heteroatoms. The molecule has 2 aromatic rings. The molecule has 2 aromatic heterocycles. The highest BCUT2D eigenvalue weighted by Crippen LogP contribution is 2.42. The summed E-state index contributed by atoms with van der Waals surface area (Å²) >= 11 is 0. The number of hydrogen-bond acceptors (Lipinski definition) is 4. The van der Waals surface area contributed by atoms with Crippen LogP contribution in [0.25, 0.3) is 0 Å². The van der Waals surface area contributed by atoms with E-state index in [9.17, 15) is 4.79 Å². The Bertz CT molecular complexity index is 799. The minimum absolute atomic E-state index is 0.0282. The Labute approximate surface area is 160 Å². The summed E-state index contributed by atoms with van der Waals surface area (Å²) in [5.41, 5.74) is 2.47. The Balaban J connectivity index is 1.50. The molecule has 1 N–H and O–H groups in total. The Hall–Kier alpha value is -2.15. The van der Waals surface area contributed by atoms with Crippen LogP contribution in [0.3, 0.4) is 0 Å². The zero-order valence-corrected chi connectivity index (χ0v) is 16.6. The van der Waals surface area contributed by atoms with Crippen molar-refractivity contribution in [1.29, 1.82) is 0 Å². The second kappa shape index (κ2) is 7.11. The van der Waals surface area contributed by atoms with Gasteiger partial charge in [0.25, 0.3) is 0 Å². The number of H-pyrrole nitrogens is 1. The number of fused-ring (bicyclic) bond motifs is 2.